The van der Waals surface area contributed by atoms with Gasteiger partial charge in [0.25, 0.3) is 5.91 Å². The van der Waals surface area contributed by atoms with Gasteiger partial charge >= 0.3 is 6.09 Å². The monoisotopic (exact) mass is 434 g/mol. The third-order valence-electron chi connectivity index (χ3n) is 3.72. The fourth-order valence-electron chi connectivity index (χ4n) is 2.34. The average molecular weight is 435 g/mol. The Morgan fingerprint density at radius 3 is 2.23 bits per heavy atom. The number of primary amides is 1. The Labute approximate surface area is 183 Å². The van der Waals surface area contributed by atoms with Gasteiger partial charge in [0.2, 0.25) is 5.91 Å². The van der Waals surface area contributed by atoms with Gasteiger partial charge < -0.3 is 31.7 Å². The zero-order valence-electron chi connectivity index (χ0n) is 18.7. The molecule has 0 aliphatic heterocycles. The first-order valence-corrected chi connectivity index (χ1v) is 10.2. The highest BCUT2D eigenvalue weighted by Crippen LogP contribution is 2.07. The number of nitrogens with zero attached hydrogens (tertiary/aromatic N) is 1. The lowest BCUT2D eigenvalue weighted by molar-refractivity contribution is -0.117. The number of carbonyl (C=O) groups excluding carboxylic acids is 3. The van der Waals surface area contributed by atoms with E-state index in [1.807, 2.05) is 27.7 Å². The van der Waals surface area contributed by atoms with Crippen molar-refractivity contribution in [1.82, 2.24) is 21.3 Å². The Bertz CT molecular complexity index is 756. The first-order chi connectivity index (χ1) is 14.6. The summed E-state index contributed by atoms with van der Waals surface area (Å²) in [7, 11) is 0. The predicted molar refractivity (Wildman–Crippen MR) is 120 cm³/mol. The van der Waals surface area contributed by atoms with Crippen LogP contribution in [0.1, 0.15) is 50.0 Å². The van der Waals surface area contributed by atoms with Crippen molar-refractivity contribution in [3.8, 4) is 0 Å². The quantitative estimate of drug-likeness (QED) is 0.210. The maximum absolute atomic E-state index is 11.9. The summed E-state index contributed by atoms with van der Waals surface area (Å²) in [5, 5.41) is 11.5. The lowest BCUT2D eigenvalue weighted by Crippen LogP contribution is -2.39. The van der Waals surface area contributed by atoms with Crippen molar-refractivity contribution in [2.75, 3.05) is 26.2 Å². The second kappa shape index (κ2) is 13.1. The molecule has 0 aliphatic rings. The minimum atomic E-state index is -0.594. The average Bonchev–Trinajstić information content (AvgIpc) is 2.68. The summed E-state index contributed by atoms with van der Waals surface area (Å²) in [5.41, 5.74) is 5.87. The number of ether oxygens (including phenoxy) is 1. The molecule has 0 bridgehead atoms. The SMILES string of the molecule is CCNC(=NCc1ccc(C(=O)NCC(N)=O)cc1)NCCCNC(=O)OC(C)(C)C. The summed E-state index contributed by atoms with van der Waals surface area (Å²) in [6.45, 7) is 9.48. The van der Waals surface area contributed by atoms with Crippen molar-refractivity contribution in [3.05, 3.63) is 35.4 Å². The third kappa shape index (κ3) is 12.1. The number of aliphatic imine (C=N–C) groups is 1. The van der Waals surface area contributed by atoms with E-state index in [0.29, 0.717) is 44.1 Å². The Morgan fingerprint density at radius 1 is 1.00 bits per heavy atom. The second-order valence-corrected chi connectivity index (χ2v) is 7.75. The molecule has 31 heavy (non-hydrogen) atoms. The molecule has 0 fully saturated rings. The van der Waals surface area contributed by atoms with Crippen LogP contribution in [0.4, 0.5) is 4.79 Å². The van der Waals surface area contributed by atoms with Gasteiger partial charge in [0.05, 0.1) is 13.1 Å². The molecule has 0 unspecified atom stereocenters. The van der Waals surface area contributed by atoms with Crippen LogP contribution in [0.2, 0.25) is 0 Å². The summed E-state index contributed by atoms with van der Waals surface area (Å²) in [6.07, 6.45) is 0.276. The Morgan fingerprint density at radius 2 is 1.65 bits per heavy atom. The maximum atomic E-state index is 11.9. The Balaban J connectivity index is 2.45. The van der Waals surface area contributed by atoms with Crippen LogP contribution in [0.3, 0.4) is 0 Å². The van der Waals surface area contributed by atoms with Crippen LogP contribution in [0, 0.1) is 0 Å². The van der Waals surface area contributed by atoms with Crippen molar-refractivity contribution < 1.29 is 19.1 Å². The van der Waals surface area contributed by atoms with E-state index >= 15 is 0 Å². The largest absolute Gasteiger partial charge is 0.444 e. The number of nitrogens with two attached hydrogens (primary N) is 1. The molecule has 0 aliphatic carbocycles. The van der Waals surface area contributed by atoms with E-state index in [9.17, 15) is 14.4 Å². The van der Waals surface area contributed by atoms with Gasteiger partial charge in [0, 0.05) is 25.2 Å². The first-order valence-electron chi connectivity index (χ1n) is 10.2. The molecule has 3 amide bonds. The van der Waals surface area contributed by atoms with E-state index in [4.69, 9.17) is 10.5 Å². The van der Waals surface area contributed by atoms with Gasteiger partial charge in [-0.2, -0.15) is 0 Å². The molecule has 0 atom stereocenters. The summed E-state index contributed by atoms with van der Waals surface area (Å²) < 4.78 is 5.19. The second-order valence-electron chi connectivity index (χ2n) is 7.75. The Kier molecular flexibility index (Phi) is 10.9. The van der Waals surface area contributed by atoms with Crippen LogP contribution in [0.5, 0.6) is 0 Å². The van der Waals surface area contributed by atoms with Crippen LogP contribution >= 0.6 is 0 Å². The number of nitrogens with one attached hydrogen (secondary N) is 4. The van der Waals surface area contributed by atoms with Crippen molar-refractivity contribution >= 4 is 23.9 Å². The van der Waals surface area contributed by atoms with Crippen molar-refractivity contribution in [3.63, 3.8) is 0 Å². The number of amides is 3. The molecule has 0 aromatic heterocycles. The van der Waals surface area contributed by atoms with Crippen LogP contribution in [0.15, 0.2) is 29.3 Å². The van der Waals surface area contributed by atoms with E-state index in [-0.39, 0.29) is 12.5 Å². The number of carbonyl (C=O) groups is 3. The fraction of sp³-hybridized carbons (Fsp3) is 0.524. The van der Waals surface area contributed by atoms with Gasteiger partial charge in [-0.25, -0.2) is 9.79 Å². The number of guanidine groups is 1. The van der Waals surface area contributed by atoms with E-state index in [0.717, 1.165) is 5.56 Å². The molecular formula is C21H34N6O4. The van der Waals surface area contributed by atoms with E-state index in [1.165, 1.54) is 0 Å². The lowest BCUT2D eigenvalue weighted by atomic mass is 10.1. The molecule has 10 heteroatoms. The molecular weight excluding hydrogens is 400 g/mol. The van der Waals surface area contributed by atoms with Crippen LogP contribution in [-0.4, -0.2) is 55.6 Å². The van der Waals surface area contributed by atoms with Gasteiger partial charge in [-0.3, -0.25) is 9.59 Å². The lowest BCUT2D eigenvalue weighted by Gasteiger charge is -2.19. The zero-order valence-corrected chi connectivity index (χ0v) is 18.7. The topological polar surface area (TPSA) is 147 Å². The molecule has 10 nitrogen and oxygen atoms in total. The number of hydrogen-bond acceptors (Lipinski definition) is 5. The molecule has 0 heterocycles. The minimum absolute atomic E-state index is 0.199. The summed E-state index contributed by atoms with van der Waals surface area (Å²) >= 11 is 0. The number of hydrogen-bond donors (Lipinski definition) is 5. The van der Waals surface area contributed by atoms with Gasteiger partial charge in [-0.05, 0) is 51.8 Å². The molecule has 1 rings (SSSR count). The maximum Gasteiger partial charge on any atom is 0.407 e. The minimum Gasteiger partial charge on any atom is -0.444 e. The first kappa shape index (κ1) is 25.7. The molecule has 0 saturated heterocycles. The van der Waals surface area contributed by atoms with Crippen molar-refractivity contribution in [2.24, 2.45) is 10.7 Å². The highest BCUT2D eigenvalue weighted by Gasteiger charge is 2.15. The van der Waals surface area contributed by atoms with E-state index in [1.54, 1.807) is 24.3 Å². The van der Waals surface area contributed by atoms with Crippen molar-refractivity contribution in [1.29, 1.82) is 0 Å². The predicted octanol–water partition coefficient (Wildman–Crippen LogP) is 0.872. The van der Waals surface area contributed by atoms with Crippen LogP contribution < -0.4 is 27.0 Å². The standard InChI is InChI=1S/C21H34N6O4/c1-5-23-19(24-11-6-12-25-20(30)31-21(2,3)4)27-13-15-7-9-16(10-8-15)18(29)26-14-17(22)28/h7-10H,5-6,11-14H2,1-4H3,(H2,22,28)(H,25,30)(H,26,29)(H2,23,24,27). The summed E-state index contributed by atoms with van der Waals surface area (Å²) in [5.74, 6) is -0.296. The molecule has 6 N–H and O–H groups in total. The van der Waals surface area contributed by atoms with Gasteiger partial charge in [-0.15, -0.1) is 0 Å². The van der Waals surface area contributed by atoms with E-state index in [2.05, 4.69) is 26.3 Å². The molecule has 172 valence electrons. The van der Waals surface area contributed by atoms with Gasteiger partial charge in [0.1, 0.15) is 5.60 Å². The number of rotatable bonds is 10. The van der Waals surface area contributed by atoms with Gasteiger partial charge in [-0.1, -0.05) is 12.1 Å². The zero-order chi connectivity index (χ0) is 23.3. The van der Waals surface area contributed by atoms with E-state index < -0.39 is 17.6 Å². The molecule has 1 aromatic carbocycles. The molecule has 0 radical (unpaired) electrons. The normalized spacial score (nSPS) is 11.4. The molecule has 1 aromatic rings. The number of alkyl carbamates (subject to hydrolysis) is 1. The summed E-state index contributed by atoms with van der Waals surface area (Å²) in [4.78, 5) is 38.8. The fourth-order valence-corrected chi connectivity index (χ4v) is 2.34. The van der Waals surface area contributed by atoms with Crippen molar-refractivity contribution in [2.45, 2.75) is 46.3 Å². The Hall–Kier alpha value is -3.30. The summed E-state index contributed by atoms with van der Waals surface area (Å²) in [6, 6.07) is 6.95. The number of benzene rings is 1. The van der Waals surface area contributed by atoms with Crippen LogP contribution in [0.25, 0.3) is 0 Å². The smallest absolute Gasteiger partial charge is 0.407 e. The highest BCUT2D eigenvalue weighted by atomic mass is 16.6. The molecule has 0 saturated carbocycles. The molecule has 0 spiro atoms. The van der Waals surface area contributed by atoms with Gasteiger partial charge in [0.15, 0.2) is 5.96 Å². The van der Waals surface area contributed by atoms with Crippen LogP contribution in [-0.2, 0) is 16.1 Å². The third-order valence-corrected chi connectivity index (χ3v) is 3.72. The highest BCUT2D eigenvalue weighted by molar-refractivity contribution is 5.96.